The molecule has 1 heterocycles. The average Bonchev–Trinajstić information content (AvgIpc) is 2.46. The van der Waals surface area contributed by atoms with Crippen molar-refractivity contribution in [2.24, 2.45) is 0 Å². The normalized spacial score (nSPS) is 17.8. The molecule has 0 aliphatic carbocycles. The molecule has 0 spiro atoms. The van der Waals surface area contributed by atoms with E-state index in [0.29, 0.717) is 0 Å². The molecule has 1 aromatic carbocycles. The average molecular weight is 263 g/mol. The first-order valence-corrected chi connectivity index (χ1v) is 7.08. The summed E-state index contributed by atoms with van der Waals surface area (Å²) < 4.78 is 0. The Morgan fingerprint density at radius 3 is 2.63 bits per heavy atom. The van der Waals surface area contributed by atoms with E-state index in [1.807, 2.05) is 12.1 Å². The summed E-state index contributed by atoms with van der Waals surface area (Å²) in [6, 6.07) is 8.11. The van der Waals surface area contributed by atoms with Crippen molar-refractivity contribution in [3.8, 4) is 0 Å². The second kappa shape index (κ2) is 7.60. The molecule has 0 bridgehead atoms. The van der Waals surface area contributed by atoms with E-state index in [0.717, 1.165) is 25.2 Å². The van der Waals surface area contributed by atoms with E-state index < -0.39 is 0 Å². The van der Waals surface area contributed by atoms with Gasteiger partial charge in [0.25, 0.3) is 0 Å². The standard InChI is InChI=1S/C15H25N3O/c1-17-7-9-18(10-8-17)6-5-16-12-14-3-2-4-15(11-14)13-19/h2-4,11,16,19H,5-10,12-13H2,1H3. The number of piperazine rings is 1. The van der Waals surface area contributed by atoms with Crippen molar-refractivity contribution >= 4 is 0 Å². The number of hydrogen-bond acceptors (Lipinski definition) is 4. The van der Waals surface area contributed by atoms with E-state index in [2.05, 4.69) is 34.3 Å². The van der Waals surface area contributed by atoms with Crippen LogP contribution in [0.4, 0.5) is 0 Å². The van der Waals surface area contributed by atoms with E-state index in [1.165, 1.54) is 31.7 Å². The zero-order valence-electron chi connectivity index (χ0n) is 11.8. The molecule has 4 nitrogen and oxygen atoms in total. The summed E-state index contributed by atoms with van der Waals surface area (Å²) in [5, 5.41) is 12.6. The molecule has 1 aliphatic heterocycles. The number of nitrogens with zero attached hydrogens (tertiary/aromatic N) is 2. The van der Waals surface area contributed by atoms with E-state index >= 15 is 0 Å². The second-order valence-electron chi connectivity index (χ2n) is 5.30. The largest absolute Gasteiger partial charge is 0.392 e. The van der Waals surface area contributed by atoms with Gasteiger partial charge in [0.05, 0.1) is 6.61 Å². The van der Waals surface area contributed by atoms with Gasteiger partial charge >= 0.3 is 0 Å². The predicted octanol–water partition coefficient (Wildman–Crippen LogP) is 0.516. The Hall–Kier alpha value is -0.940. The number of aliphatic hydroxyl groups is 1. The minimum absolute atomic E-state index is 0.120. The first-order valence-electron chi connectivity index (χ1n) is 7.08. The van der Waals surface area contributed by atoms with E-state index in [4.69, 9.17) is 5.11 Å². The molecule has 19 heavy (non-hydrogen) atoms. The molecule has 1 aliphatic rings. The second-order valence-corrected chi connectivity index (χ2v) is 5.30. The Kier molecular flexibility index (Phi) is 5.79. The number of nitrogens with one attached hydrogen (secondary N) is 1. The Morgan fingerprint density at radius 2 is 1.89 bits per heavy atom. The fraction of sp³-hybridized carbons (Fsp3) is 0.600. The number of hydrogen-bond donors (Lipinski definition) is 2. The van der Waals surface area contributed by atoms with Crippen LogP contribution in [-0.2, 0) is 13.2 Å². The maximum atomic E-state index is 9.09. The summed E-state index contributed by atoms with van der Waals surface area (Å²) >= 11 is 0. The number of rotatable bonds is 6. The van der Waals surface area contributed by atoms with Gasteiger partial charge < -0.3 is 15.3 Å². The first kappa shape index (κ1) is 14.5. The van der Waals surface area contributed by atoms with Gasteiger partial charge in [-0.15, -0.1) is 0 Å². The van der Waals surface area contributed by atoms with E-state index in [9.17, 15) is 0 Å². The molecule has 0 atom stereocenters. The van der Waals surface area contributed by atoms with E-state index in [-0.39, 0.29) is 6.61 Å². The minimum atomic E-state index is 0.120. The zero-order chi connectivity index (χ0) is 13.5. The Bertz CT molecular complexity index is 375. The molecule has 1 fully saturated rings. The molecule has 1 aromatic rings. The summed E-state index contributed by atoms with van der Waals surface area (Å²) in [6.07, 6.45) is 0. The molecule has 4 heteroatoms. The number of likely N-dealkylation sites (N-methyl/N-ethyl adjacent to an activating group) is 1. The van der Waals surface area contributed by atoms with Gasteiger partial charge in [-0.1, -0.05) is 24.3 Å². The van der Waals surface area contributed by atoms with Crippen LogP contribution in [0.2, 0.25) is 0 Å². The van der Waals surface area contributed by atoms with Crippen molar-refractivity contribution in [1.29, 1.82) is 0 Å². The third-order valence-corrected chi connectivity index (χ3v) is 3.70. The van der Waals surface area contributed by atoms with E-state index in [1.54, 1.807) is 0 Å². The van der Waals surface area contributed by atoms with Crippen molar-refractivity contribution in [3.05, 3.63) is 35.4 Å². The van der Waals surface area contributed by atoms with Gasteiger partial charge in [-0.05, 0) is 18.2 Å². The molecular weight excluding hydrogens is 238 g/mol. The first-order chi connectivity index (χ1) is 9.28. The van der Waals surface area contributed by atoms with Crippen molar-refractivity contribution in [2.45, 2.75) is 13.2 Å². The van der Waals surface area contributed by atoms with Gasteiger partial charge in [-0.3, -0.25) is 4.90 Å². The molecule has 0 amide bonds. The molecule has 0 radical (unpaired) electrons. The van der Waals surface area contributed by atoms with Crippen LogP contribution in [0.3, 0.4) is 0 Å². The highest BCUT2D eigenvalue weighted by atomic mass is 16.3. The maximum absolute atomic E-state index is 9.09. The van der Waals surface area contributed by atoms with Crippen molar-refractivity contribution in [1.82, 2.24) is 15.1 Å². The number of benzene rings is 1. The highest BCUT2D eigenvalue weighted by Crippen LogP contribution is 2.04. The van der Waals surface area contributed by atoms with Crippen molar-refractivity contribution < 1.29 is 5.11 Å². The summed E-state index contributed by atoms with van der Waals surface area (Å²) in [7, 11) is 2.18. The third kappa shape index (κ3) is 4.91. The van der Waals surface area contributed by atoms with Crippen LogP contribution in [-0.4, -0.2) is 61.2 Å². The Labute approximate surface area is 116 Å². The summed E-state index contributed by atoms with van der Waals surface area (Å²) in [4.78, 5) is 4.89. The molecule has 0 saturated carbocycles. The van der Waals surface area contributed by atoms with Gasteiger partial charge in [-0.2, -0.15) is 0 Å². The molecule has 1 saturated heterocycles. The monoisotopic (exact) mass is 263 g/mol. The summed E-state index contributed by atoms with van der Waals surface area (Å²) in [6.45, 7) is 7.85. The van der Waals surface area contributed by atoms with Crippen LogP contribution in [0.1, 0.15) is 11.1 Å². The van der Waals surface area contributed by atoms with Crippen LogP contribution in [0.25, 0.3) is 0 Å². The van der Waals surface area contributed by atoms with Crippen LogP contribution < -0.4 is 5.32 Å². The zero-order valence-corrected chi connectivity index (χ0v) is 11.8. The quantitative estimate of drug-likeness (QED) is 0.734. The van der Waals surface area contributed by atoms with Crippen LogP contribution in [0, 0.1) is 0 Å². The molecular formula is C15H25N3O. The molecule has 0 unspecified atom stereocenters. The van der Waals surface area contributed by atoms with Gasteiger partial charge in [0, 0.05) is 45.8 Å². The predicted molar refractivity (Wildman–Crippen MR) is 78.0 cm³/mol. The lowest BCUT2D eigenvalue weighted by atomic mass is 10.1. The van der Waals surface area contributed by atoms with Crippen molar-refractivity contribution in [2.75, 3.05) is 46.3 Å². The highest BCUT2D eigenvalue weighted by Gasteiger charge is 2.12. The lowest BCUT2D eigenvalue weighted by molar-refractivity contribution is 0.154. The fourth-order valence-corrected chi connectivity index (χ4v) is 2.38. The minimum Gasteiger partial charge on any atom is -0.392 e. The Morgan fingerprint density at radius 1 is 1.16 bits per heavy atom. The number of aliphatic hydroxyl groups excluding tert-OH is 1. The van der Waals surface area contributed by atoms with Crippen LogP contribution in [0.15, 0.2) is 24.3 Å². The molecule has 106 valence electrons. The van der Waals surface area contributed by atoms with Crippen molar-refractivity contribution in [3.63, 3.8) is 0 Å². The van der Waals surface area contributed by atoms with Crippen LogP contribution >= 0.6 is 0 Å². The fourth-order valence-electron chi connectivity index (χ4n) is 2.38. The van der Waals surface area contributed by atoms with Crippen LogP contribution in [0.5, 0.6) is 0 Å². The SMILES string of the molecule is CN1CCN(CCNCc2cccc(CO)c2)CC1. The lowest BCUT2D eigenvalue weighted by Gasteiger charge is -2.32. The lowest BCUT2D eigenvalue weighted by Crippen LogP contribution is -2.46. The smallest absolute Gasteiger partial charge is 0.0681 e. The topological polar surface area (TPSA) is 38.7 Å². The molecule has 2 N–H and O–H groups in total. The maximum Gasteiger partial charge on any atom is 0.0681 e. The molecule has 2 rings (SSSR count). The third-order valence-electron chi connectivity index (χ3n) is 3.70. The van der Waals surface area contributed by atoms with Gasteiger partial charge in [0.1, 0.15) is 0 Å². The Balaban J connectivity index is 1.63. The molecule has 0 aromatic heterocycles. The van der Waals surface area contributed by atoms with Gasteiger partial charge in [0.2, 0.25) is 0 Å². The van der Waals surface area contributed by atoms with Gasteiger partial charge in [-0.25, -0.2) is 0 Å². The summed E-state index contributed by atoms with van der Waals surface area (Å²) in [5.41, 5.74) is 2.23. The summed E-state index contributed by atoms with van der Waals surface area (Å²) in [5.74, 6) is 0. The van der Waals surface area contributed by atoms with Gasteiger partial charge in [0.15, 0.2) is 0 Å². The highest BCUT2D eigenvalue weighted by molar-refractivity contribution is 5.22.